The number of halogens is 3. The van der Waals surface area contributed by atoms with Crippen LogP contribution in [0.5, 0.6) is 11.5 Å². The Kier molecular flexibility index (Phi) is 5.74. The van der Waals surface area contributed by atoms with E-state index in [0.29, 0.717) is 17.0 Å². The molecule has 0 spiro atoms. The first-order valence-electron chi connectivity index (χ1n) is 7.34. The Hall–Kier alpha value is -2.90. The maximum Gasteiger partial charge on any atom is 0.573 e. The summed E-state index contributed by atoms with van der Waals surface area (Å²) in [4.78, 5) is 12.0. The second kappa shape index (κ2) is 7.78. The average Bonchev–Trinajstić information content (AvgIpc) is 2.54. The van der Waals surface area contributed by atoms with Crippen molar-refractivity contribution in [3.8, 4) is 11.5 Å². The number of carbonyl (C=O) groups excluding carboxylic acids is 1. The molecule has 0 fully saturated rings. The minimum absolute atomic E-state index is 0.314. The van der Waals surface area contributed by atoms with E-state index in [4.69, 9.17) is 4.74 Å². The van der Waals surface area contributed by atoms with Gasteiger partial charge in [-0.1, -0.05) is 12.1 Å². The van der Waals surface area contributed by atoms with Crippen LogP contribution in [0, 0.1) is 0 Å². The zero-order valence-corrected chi connectivity index (χ0v) is 13.6. The van der Waals surface area contributed by atoms with E-state index in [2.05, 4.69) is 15.4 Å². The van der Waals surface area contributed by atoms with Crippen molar-refractivity contribution in [1.82, 2.24) is 5.32 Å². The third-order valence-electron chi connectivity index (χ3n) is 3.31. The molecule has 2 rings (SSSR count). The lowest BCUT2D eigenvalue weighted by Gasteiger charge is -2.16. The highest BCUT2D eigenvalue weighted by atomic mass is 19.4. The van der Waals surface area contributed by atoms with E-state index in [0.717, 1.165) is 0 Å². The topological polar surface area (TPSA) is 59.6 Å². The average molecular weight is 354 g/mol. The number of benzene rings is 2. The summed E-state index contributed by atoms with van der Waals surface area (Å²) in [6.07, 6.45) is -4.73. The number of rotatable bonds is 5. The van der Waals surface area contributed by atoms with Gasteiger partial charge in [0, 0.05) is 5.69 Å². The van der Waals surface area contributed by atoms with Crippen LogP contribution in [0.2, 0.25) is 0 Å². The van der Waals surface area contributed by atoms with Gasteiger partial charge in [0.2, 0.25) is 0 Å². The van der Waals surface area contributed by atoms with Crippen LogP contribution in [0.4, 0.5) is 23.7 Å². The van der Waals surface area contributed by atoms with Gasteiger partial charge in [-0.15, -0.1) is 13.2 Å². The summed E-state index contributed by atoms with van der Waals surface area (Å²) in [5, 5.41) is 5.35. The zero-order chi connectivity index (χ0) is 18.4. The summed E-state index contributed by atoms with van der Waals surface area (Å²) in [5.74, 6) is 0.353. The van der Waals surface area contributed by atoms with Gasteiger partial charge in [0.15, 0.2) is 0 Å². The number of ether oxygens (including phenoxy) is 2. The van der Waals surface area contributed by atoms with Crippen molar-refractivity contribution >= 4 is 11.7 Å². The van der Waals surface area contributed by atoms with Crippen LogP contribution in [0.25, 0.3) is 0 Å². The van der Waals surface area contributed by atoms with Gasteiger partial charge in [-0.05, 0) is 48.9 Å². The molecule has 0 saturated carbocycles. The first-order valence-corrected chi connectivity index (χ1v) is 7.34. The van der Waals surface area contributed by atoms with Crippen molar-refractivity contribution in [2.24, 2.45) is 0 Å². The fourth-order valence-electron chi connectivity index (χ4n) is 2.08. The molecule has 0 aliphatic rings. The number of anilines is 1. The van der Waals surface area contributed by atoms with Gasteiger partial charge in [0.05, 0.1) is 13.2 Å². The molecule has 2 aromatic rings. The second-order valence-electron chi connectivity index (χ2n) is 5.17. The van der Waals surface area contributed by atoms with E-state index in [-0.39, 0.29) is 5.75 Å². The highest BCUT2D eigenvalue weighted by Gasteiger charge is 2.31. The Morgan fingerprint density at radius 1 is 1.00 bits per heavy atom. The fraction of sp³-hybridized carbons (Fsp3) is 0.235. The number of amides is 2. The minimum atomic E-state index is -4.73. The standard InChI is InChI=1S/C17H17F3N2O3/c1-11(12-3-7-15(8-4-12)25-17(18,19)20)21-16(23)22-13-5-9-14(24-2)10-6-13/h3-11H,1-2H3,(H2,21,22,23). The molecule has 1 unspecified atom stereocenters. The zero-order valence-electron chi connectivity index (χ0n) is 13.6. The number of hydrogen-bond acceptors (Lipinski definition) is 3. The highest BCUT2D eigenvalue weighted by Crippen LogP contribution is 2.24. The predicted octanol–water partition coefficient (Wildman–Crippen LogP) is 4.48. The largest absolute Gasteiger partial charge is 0.573 e. The molecule has 2 aromatic carbocycles. The molecule has 0 aliphatic heterocycles. The summed E-state index contributed by atoms with van der Waals surface area (Å²) in [6.45, 7) is 1.72. The van der Waals surface area contributed by atoms with Crippen LogP contribution in [-0.4, -0.2) is 19.5 Å². The van der Waals surface area contributed by atoms with Gasteiger partial charge in [0.25, 0.3) is 0 Å². The van der Waals surface area contributed by atoms with Gasteiger partial charge in [0.1, 0.15) is 11.5 Å². The summed E-state index contributed by atoms with van der Waals surface area (Å²) >= 11 is 0. The van der Waals surface area contributed by atoms with Gasteiger partial charge in [-0.3, -0.25) is 0 Å². The molecule has 0 aromatic heterocycles. The molecule has 0 radical (unpaired) electrons. The van der Waals surface area contributed by atoms with Crippen molar-refractivity contribution in [2.45, 2.75) is 19.3 Å². The summed E-state index contributed by atoms with van der Waals surface area (Å²) in [7, 11) is 1.54. The van der Waals surface area contributed by atoms with E-state index in [9.17, 15) is 18.0 Å². The third-order valence-corrected chi connectivity index (χ3v) is 3.31. The van der Waals surface area contributed by atoms with Crippen LogP contribution in [0.3, 0.4) is 0 Å². The number of urea groups is 1. The van der Waals surface area contributed by atoms with Crippen LogP contribution >= 0.6 is 0 Å². The van der Waals surface area contributed by atoms with E-state index >= 15 is 0 Å². The van der Waals surface area contributed by atoms with Gasteiger partial charge >= 0.3 is 12.4 Å². The molecule has 8 heteroatoms. The van der Waals surface area contributed by atoms with Crippen molar-refractivity contribution in [3.05, 3.63) is 54.1 Å². The molecule has 2 N–H and O–H groups in total. The van der Waals surface area contributed by atoms with Crippen LogP contribution in [0.1, 0.15) is 18.5 Å². The Bertz CT molecular complexity index is 701. The van der Waals surface area contributed by atoms with Crippen LogP contribution in [-0.2, 0) is 0 Å². The van der Waals surface area contributed by atoms with E-state index in [1.54, 1.807) is 38.3 Å². The van der Waals surface area contributed by atoms with Crippen molar-refractivity contribution in [3.63, 3.8) is 0 Å². The minimum Gasteiger partial charge on any atom is -0.497 e. The fourth-order valence-corrected chi connectivity index (χ4v) is 2.08. The van der Waals surface area contributed by atoms with Gasteiger partial charge in [-0.25, -0.2) is 4.79 Å². The van der Waals surface area contributed by atoms with Crippen molar-refractivity contribution in [2.75, 3.05) is 12.4 Å². The maximum atomic E-state index is 12.1. The number of methoxy groups -OCH3 is 1. The molecule has 134 valence electrons. The van der Waals surface area contributed by atoms with Gasteiger partial charge < -0.3 is 20.1 Å². The first kappa shape index (κ1) is 18.4. The normalized spacial score (nSPS) is 12.2. The lowest BCUT2D eigenvalue weighted by molar-refractivity contribution is -0.274. The molecule has 1 atom stereocenters. The molecule has 0 saturated heterocycles. The Morgan fingerprint density at radius 2 is 1.56 bits per heavy atom. The Morgan fingerprint density at radius 3 is 2.08 bits per heavy atom. The Labute approximate surface area is 142 Å². The molecule has 0 heterocycles. The third kappa shape index (κ3) is 5.91. The number of nitrogens with one attached hydrogen (secondary N) is 2. The maximum absolute atomic E-state index is 12.1. The number of carbonyl (C=O) groups is 1. The first-order chi connectivity index (χ1) is 11.8. The SMILES string of the molecule is COc1ccc(NC(=O)NC(C)c2ccc(OC(F)(F)F)cc2)cc1. The Balaban J connectivity index is 1.91. The molecule has 5 nitrogen and oxygen atoms in total. The highest BCUT2D eigenvalue weighted by molar-refractivity contribution is 5.89. The smallest absolute Gasteiger partial charge is 0.497 e. The molecular formula is C17H17F3N2O3. The monoisotopic (exact) mass is 354 g/mol. The van der Waals surface area contributed by atoms with E-state index in [1.165, 1.54) is 24.3 Å². The number of alkyl halides is 3. The van der Waals surface area contributed by atoms with Gasteiger partial charge in [-0.2, -0.15) is 0 Å². The second-order valence-corrected chi connectivity index (χ2v) is 5.17. The quantitative estimate of drug-likeness (QED) is 0.832. The van der Waals surface area contributed by atoms with Crippen molar-refractivity contribution in [1.29, 1.82) is 0 Å². The number of hydrogen-bond donors (Lipinski definition) is 2. The summed E-state index contributed by atoms with van der Waals surface area (Å²) < 4.78 is 45.2. The van der Waals surface area contributed by atoms with E-state index < -0.39 is 18.4 Å². The molecular weight excluding hydrogens is 337 g/mol. The van der Waals surface area contributed by atoms with Crippen LogP contribution < -0.4 is 20.1 Å². The van der Waals surface area contributed by atoms with Crippen LogP contribution in [0.15, 0.2) is 48.5 Å². The molecule has 25 heavy (non-hydrogen) atoms. The van der Waals surface area contributed by atoms with Crippen molar-refractivity contribution < 1.29 is 27.4 Å². The molecule has 2 amide bonds. The summed E-state index contributed by atoms with van der Waals surface area (Å²) in [6, 6.07) is 11.3. The molecule has 0 bridgehead atoms. The predicted molar refractivity (Wildman–Crippen MR) is 86.7 cm³/mol. The lowest BCUT2D eigenvalue weighted by Crippen LogP contribution is -2.31. The summed E-state index contributed by atoms with van der Waals surface area (Å²) in [5.41, 5.74) is 1.22. The van der Waals surface area contributed by atoms with E-state index in [1.807, 2.05) is 0 Å². The molecule has 0 aliphatic carbocycles. The lowest BCUT2D eigenvalue weighted by atomic mass is 10.1.